The summed E-state index contributed by atoms with van der Waals surface area (Å²) in [4.78, 5) is 21.4. The number of benzene rings is 1. The predicted molar refractivity (Wildman–Crippen MR) is 68.6 cm³/mol. The number of hydrogen-bond donors (Lipinski definition) is 2. The van der Waals surface area contributed by atoms with E-state index in [1.54, 1.807) is 0 Å². The zero-order chi connectivity index (χ0) is 15.8. The van der Waals surface area contributed by atoms with Gasteiger partial charge in [0.05, 0.1) is 17.2 Å². The number of ether oxygens (including phenoxy) is 2. The van der Waals surface area contributed by atoms with E-state index in [1.165, 1.54) is 7.11 Å². The summed E-state index contributed by atoms with van der Waals surface area (Å²) in [6.45, 7) is -2.69. The number of rotatable bonds is 7. The fourth-order valence-corrected chi connectivity index (χ4v) is 1.36. The molecular formula is C11H13F2N3O5. The number of methoxy groups -OCH3 is 1. The molecule has 0 aliphatic carbocycles. The van der Waals surface area contributed by atoms with E-state index in [9.17, 15) is 23.7 Å². The van der Waals surface area contributed by atoms with Crippen LogP contribution in [0.2, 0.25) is 0 Å². The van der Waals surface area contributed by atoms with Gasteiger partial charge in [-0.2, -0.15) is 8.78 Å². The lowest BCUT2D eigenvalue weighted by molar-refractivity contribution is -0.384. The third-order valence-corrected chi connectivity index (χ3v) is 2.23. The fourth-order valence-electron chi connectivity index (χ4n) is 1.36. The van der Waals surface area contributed by atoms with Gasteiger partial charge in [0.25, 0.3) is 5.69 Å². The van der Waals surface area contributed by atoms with Gasteiger partial charge in [-0.3, -0.25) is 10.1 Å². The van der Waals surface area contributed by atoms with Crippen LogP contribution in [-0.4, -0.2) is 37.8 Å². The first-order valence-corrected chi connectivity index (χ1v) is 5.71. The smallest absolute Gasteiger partial charge is 0.387 e. The van der Waals surface area contributed by atoms with Crippen molar-refractivity contribution in [1.29, 1.82) is 0 Å². The number of nitrogens with one attached hydrogen (secondary N) is 2. The molecular weight excluding hydrogens is 292 g/mol. The van der Waals surface area contributed by atoms with Crippen LogP contribution in [0.4, 0.5) is 25.0 Å². The van der Waals surface area contributed by atoms with Crippen LogP contribution in [0.25, 0.3) is 0 Å². The highest BCUT2D eigenvalue weighted by Gasteiger charge is 2.16. The normalized spacial score (nSPS) is 10.3. The summed E-state index contributed by atoms with van der Waals surface area (Å²) in [6, 6.07) is 2.17. The molecule has 0 aliphatic heterocycles. The van der Waals surface area contributed by atoms with Crippen LogP contribution in [0.5, 0.6) is 5.75 Å². The van der Waals surface area contributed by atoms with Crippen molar-refractivity contribution in [2.75, 3.05) is 25.6 Å². The second-order valence-electron chi connectivity index (χ2n) is 3.69. The number of nitro groups is 1. The molecule has 21 heavy (non-hydrogen) atoms. The Bertz CT molecular complexity index is 513. The van der Waals surface area contributed by atoms with Crippen molar-refractivity contribution in [3.8, 4) is 5.75 Å². The molecule has 2 amide bonds. The van der Waals surface area contributed by atoms with Crippen LogP contribution in [0.15, 0.2) is 18.2 Å². The van der Waals surface area contributed by atoms with Crippen molar-refractivity contribution in [1.82, 2.24) is 5.32 Å². The molecule has 0 fully saturated rings. The standard InChI is InChI=1S/C11H13F2N3O5/c1-20-5-4-14-11(17)15-8-6-7(16(18)19)2-3-9(8)21-10(12)13/h2-3,6,10H,4-5H2,1H3,(H2,14,15,17). The molecule has 1 rings (SSSR count). The van der Waals surface area contributed by atoms with E-state index in [1.807, 2.05) is 0 Å². The van der Waals surface area contributed by atoms with Gasteiger partial charge in [0.15, 0.2) is 0 Å². The van der Waals surface area contributed by atoms with E-state index in [2.05, 4.69) is 15.4 Å². The summed E-state index contributed by atoms with van der Waals surface area (Å²) in [5.41, 5.74) is -0.608. The van der Waals surface area contributed by atoms with E-state index in [-0.39, 0.29) is 30.3 Å². The number of carbonyl (C=O) groups excluding carboxylic acids is 1. The minimum atomic E-state index is -3.12. The molecule has 0 atom stereocenters. The van der Waals surface area contributed by atoms with Crippen molar-refractivity contribution in [3.63, 3.8) is 0 Å². The molecule has 1 aromatic rings. The summed E-state index contributed by atoms with van der Waals surface area (Å²) in [6.07, 6.45) is 0. The second-order valence-corrected chi connectivity index (χ2v) is 3.69. The van der Waals surface area contributed by atoms with Gasteiger partial charge < -0.3 is 20.1 Å². The number of nitro benzene ring substituents is 1. The maximum absolute atomic E-state index is 12.2. The molecule has 10 heteroatoms. The summed E-state index contributed by atoms with van der Waals surface area (Å²) in [7, 11) is 1.44. The molecule has 0 unspecified atom stereocenters. The molecule has 0 radical (unpaired) electrons. The highest BCUT2D eigenvalue weighted by molar-refractivity contribution is 5.91. The summed E-state index contributed by atoms with van der Waals surface area (Å²) >= 11 is 0. The summed E-state index contributed by atoms with van der Waals surface area (Å²) in [5.74, 6) is -0.377. The van der Waals surface area contributed by atoms with Gasteiger partial charge in [0.1, 0.15) is 5.75 Å². The number of alkyl halides is 2. The van der Waals surface area contributed by atoms with Crippen molar-refractivity contribution in [2.24, 2.45) is 0 Å². The maximum Gasteiger partial charge on any atom is 0.387 e. The molecule has 0 spiro atoms. The second kappa shape index (κ2) is 7.94. The van der Waals surface area contributed by atoms with Crippen LogP contribution < -0.4 is 15.4 Å². The van der Waals surface area contributed by atoms with Crippen LogP contribution in [0, 0.1) is 10.1 Å². The van der Waals surface area contributed by atoms with Crippen LogP contribution in [-0.2, 0) is 4.74 Å². The van der Waals surface area contributed by atoms with E-state index in [0.717, 1.165) is 18.2 Å². The van der Waals surface area contributed by atoms with Crippen LogP contribution >= 0.6 is 0 Å². The number of anilines is 1. The van der Waals surface area contributed by atoms with Gasteiger partial charge in [-0.25, -0.2) is 4.79 Å². The topological polar surface area (TPSA) is 103 Å². The van der Waals surface area contributed by atoms with Gasteiger partial charge >= 0.3 is 12.6 Å². The highest BCUT2D eigenvalue weighted by Crippen LogP contribution is 2.30. The Morgan fingerprint density at radius 3 is 2.76 bits per heavy atom. The molecule has 1 aromatic carbocycles. The Hall–Kier alpha value is -2.49. The number of non-ortho nitro benzene ring substituents is 1. The van der Waals surface area contributed by atoms with E-state index < -0.39 is 17.6 Å². The van der Waals surface area contributed by atoms with E-state index in [4.69, 9.17) is 4.74 Å². The third kappa shape index (κ3) is 5.57. The highest BCUT2D eigenvalue weighted by atomic mass is 19.3. The molecule has 0 bridgehead atoms. The van der Waals surface area contributed by atoms with Gasteiger partial charge in [0.2, 0.25) is 0 Å². The average molecular weight is 305 g/mol. The number of urea groups is 1. The Morgan fingerprint density at radius 2 is 2.19 bits per heavy atom. The SMILES string of the molecule is COCCNC(=O)Nc1cc([N+](=O)[O-])ccc1OC(F)F. The van der Waals surface area contributed by atoms with Gasteiger partial charge in [-0.15, -0.1) is 0 Å². The number of hydrogen-bond acceptors (Lipinski definition) is 5. The summed E-state index contributed by atoms with van der Waals surface area (Å²) in [5, 5.41) is 15.2. The lowest BCUT2D eigenvalue weighted by atomic mass is 10.2. The number of carbonyl (C=O) groups is 1. The number of amides is 2. The lowest BCUT2D eigenvalue weighted by Gasteiger charge is -2.12. The zero-order valence-corrected chi connectivity index (χ0v) is 11.0. The Kier molecular flexibility index (Phi) is 6.27. The quantitative estimate of drug-likeness (QED) is 0.455. The van der Waals surface area contributed by atoms with Gasteiger partial charge in [0, 0.05) is 25.8 Å². The first kappa shape index (κ1) is 16.6. The molecule has 0 heterocycles. The van der Waals surface area contributed by atoms with Crippen LogP contribution in [0.1, 0.15) is 0 Å². The van der Waals surface area contributed by atoms with E-state index >= 15 is 0 Å². The first-order valence-electron chi connectivity index (χ1n) is 5.71. The van der Waals surface area contributed by atoms with Crippen LogP contribution in [0.3, 0.4) is 0 Å². The van der Waals surface area contributed by atoms with Crippen molar-refractivity contribution >= 4 is 17.4 Å². The Balaban J connectivity index is 2.86. The van der Waals surface area contributed by atoms with Gasteiger partial charge in [-0.05, 0) is 6.07 Å². The molecule has 0 saturated carbocycles. The largest absolute Gasteiger partial charge is 0.433 e. The Morgan fingerprint density at radius 1 is 1.48 bits per heavy atom. The zero-order valence-electron chi connectivity index (χ0n) is 11.0. The molecule has 0 aliphatic rings. The van der Waals surface area contributed by atoms with Gasteiger partial charge in [-0.1, -0.05) is 0 Å². The molecule has 0 aromatic heterocycles. The fraction of sp³-hybridized carbons (Fsp3) is 0.364. The number of nitrogens with zero attached hydrogens (tertiary/aromatic N) is 1. The average Bonchev–Trinajstić information content (AvgIpc) is 2.40. The minimum Gasteiger partial charge on any atom is -0.433 e. The lowest BCUT2D eigenvalue weighted by Crippen LogP contribution is -2.31. The van der Waals surface area contributed by atoms with E-state index in [0.29, 0.717) is 0 Å². The Labute approximate surface area is 118 Å². The minimum absolute atomic E-state index is 0.183. The molecule has 8 nitrogen and oxygen atoms in total. The predicted octanol–water partition coefficient (Wildman–Crippen LogP) is 1.96. The monoisotopic (exact) mass is 305 g/mol. The molecule has 116 valence electrons. The molecule has 0 saturated heterocycles. The number of halogens is 2. The molecule has 2 N–H and O–H groups in total. The first-order chi connectivity index (χ1) is 9.93. The summed E-state index contributed by atoms with van der Waals surface area (Å²) < 4.78 is 33.4. The van der Waals surface area contributed by atoms with Crippen molar-refractivity contribution < 1.29 is 28.0 Å². The third-order valence-electron chi connectivity index (χ3n) is 2.23. The van der Waals surface area contributed by atoms with Crippen molar-refractivity contribution in [2.45, 2.75) is 6.61 Å². The van der Waals surface area contributed by atoms with Crippen molar-refractivity contribution in [3.05, 3.63) is 28.3 Å². The maximum atomic E-state index is 12.2.